The fourth-order valence-electron chi connectivity index (χ4n) is 1.45. The Kier molecular flexibility index (Phi) is 3.91. The molecule has 0 aliphatic heterocycles. The summed E-state index contributed by atoms with van der Waals surface area (Å²) in [5.74, 6) is -0.164. The Balaban J connectivity index is 2.96. The van der Waals surface area contributed by atoms with Crippen molar-refractivity contribution in [1.29, 1.82) is 0 Å². The van der Waals surface area contributed by atoms with Gasteiger partial charge >= 0.3 is 0 Å². The van der Waals surface area contributed by atoms with Crippen LogP contribution in [-0.2, 0) is 15.8 Å². The summed E-state index contributed by atoms with van der Waals surface area (Å²) in [6.45, 7) is 12.3. The molecule has 0 aliphatic rings. The summed E-state index contributed by atoms with van der Waals surface area (Å²) in [6.07, 6.45) is 0. The van der Waals surface area contributed by atoms with Crippen molar-refractivity contribution in [2.75, 3.05) is 0 Å². The van der Waals surface area contributed by atoms with Crippen molar-refractivity contribution < 1.29 is 8.42 Å². The molecule has 0 fully saturated rings. The number of benzene rings is 1. The lowest BCUT2D eigenvalue weighted by Crippen LogP contribution is -2.41. The first-order valence-electron chi connectivity index (χ1n) is 5.20. The van der Waals surface area contributed by atoms with Crippen LogP contribution in [0.5, 0.6) is 0 Å². The van der Waals surface area contributed by atoms with E-state index in [1.54, 1.807) is 45.0 Å². The van der Waals surface area contributed by atoms with Crippen LogP contribution < -0.4 is 4.72 Å². The Morgan fingerprint density at radius 1 is 1.29 bits per heavy atom. The van der Waals surface area contributed by atoms with Gasteiger partial charge in [-0.3, -0.25) is 0 Å². The second-order valence-corrected chi connectivity index (χ2v) is 6.57. The molecule has 4 nitrogen and oxygen atoms in total. The van der Waals surface area contributed by atoms with Crippen LogP contribution in [-0.4, -0.2) is 14.0 Å². The van der Waals surface area contributed by atoms with Gasteiger partial charge in [-0.05, 0) is 26.3 Å². The molecule has 0 amide bonds. The topological polar surface area (TPSA) is 50.5 Å². The van der Waals surface area contributed by atoms with E-state index in [1.807, 2.05) is 0 Å². The minimum absolute atomic E-state index is 0.164. The summed E-state index contributed by atoms with van der Waals surface area (Å²) in [5, 5.41) is 0. The van der Waals surface area contributed by atoms with Crippen LogP contribution in [0.15, 0.2) is 24.3 Å². The molecule has 0 spiro atoms. The first-order chi connectivity index (χ1) is 7.73. The molecule has 0 radical (unpaired) electrons. The summed E-state index contributed by atoms with van der Waals surface area (Å²) in [4.78, 5) is 3.31. The van der Waals surface area contributed by atoms with E-state index in [-0.39, 0.29) is 5.75 Å². The van der Waals surface area contributed by atoms with E-state index in [1.165, 1.54) is 0 Å². The van der Waals surface area contributed by atoms with Gasteiger partial charge in [0.1, 0.15) is 0 Å². The number of hydrogen-bond donors (Lipinski definition) is 1. The number of nitrogens with one attached hydrogen (secondary N) is 1. The molecule has 1 N–H and O–H groups in total. The largest absolute Gasteiger partial charge is 0.238 e. The summed E-state index contributed by atoms with van der Waals surface area (Å²) < 4.78 is 26.3. The van der Waals surface area contributed by atoms with Gasteiger partial charge in [0, 0.05) is 5.54 Å². The van der Waals surface area contributed by atoms with E-state index >= 15 is 0 Å². The second-order valence-electron chi connectivity index (χ2n) is 4.85. The standard InChI is InChI=1S/C12H16N2O2S/c1-12(2,3)14-17(15,16)9-10-7-5-6-8-11(10)13-4/h5-8,14H,9H2,1-3H3. The number of sulfonamides is 1. The van der Waals surface area contributed by atoms with Crippen molar-refractivity contribution >= 4 is 15.7 Å². The second kappa shape index (κ2) is 4.86. The number of rotatable bonds is 3. The van der Waals surface area contributed by atoms with E-state index in [0.717, 1.165) is 0 Å². The molecule has 0 unspecified atom stereocenters. The highest BCUT2D eigenvalue weighted by atomic mass is 32.2. The Labute approximate surface area is 103 Å². The molecule has 0 bridgehead atoms. The average Bonchev–Trinajstić information content (AvgIpc) is 2.14. The molecule has 0 heterocycles. The highest BCUT2D eigenvalue weighted by Crippen LogP contribution is 2.21. The Morgan fingerprint density at radius 2 is 1.88 bits per heavy atom. The smallest absolute Gasteiger partial charge is 0.215 e. The Hall–Kier alpha value is -1.38. The Morgan fingerprint density at radius 3 is 2.41 bits per heavy atom. The molecule has 5 heteroatoms. The zero-order valence-electron chi connectivity index (χ0n) is 10.2. The lowest BCUT2D eigenvalue weighted by Gasteiger charge is -2.20. The number of para-hydroxylation sites is 1. The molecule has 0 saturated carbocycles. The monoisotopic (exact) mass is 252 g/mol. The molecule has 92 valence electrons. The van der Waals surface area contributed by atoms with Crippen LogP contribution in [0, 0.1) is 6.57 Å². The minimum Gasteiger partial charge on any atom is -0.238 e. The van der Waals surface area contributed by atoms with Crippen molar-refractivity contribution in [3.05, 3.63) is 41.2 Å². The third-order valence-electron chi connectivity index (χ3n) is 1.92. The van der Waals surface area contributed by atoms with Crippen molar-refractivity contribution in [2.45, 2.75) is 32.1 Å². The molecule has 17 heavy (non-hydrogen) atoms. The van der Waals surface area contributed by atoms with Crippen molar-refractivity contribution in [2.24, 2.45) is 0 Å². The van der Waals surface area contributed by atoms with Crippen molar-refractivity contribution in [3.8, 4) is 0 Å². The number of hydrogen-bond acceptors (Lipinski definition) is 2. The van der Waals surface area contributed by atoms with Gasteiger partial charge in [-0.15, -0.1) is 0 Å². The zero-order valence-corrected chi connectivity index (χ0v) is 11.0. The molecular formula is C12H16N2O2S. The normalized spacial score (nSPS) is 12.1. The van der Waals surface area contributed by atoms with Crippen LogP contribution in [0.2, 0.25) is 0 Å². The van der Waals surface area contributed by atoms with E-state index in [9.17, 15) is 8.42 Å². The SMILES string of the molecule is [C-]#[N+]c1ccccc1CS(=O)(=O)NC(C)(C)C. The summed E-state index contributed by atoms with van der Waals surface area (Å²) in [5.41, 5.74) is 0.400. The molecule has 1 rings (SSSR count). The van der Waals surface area contributed by atoms with Crippen LogP contribution in [0.4, 0.5) is 5.69 Å². The Bertz CT molecular complexity index is 536. The highest BCUT2D eigenvalue weighted by molar-refractivity contribution is 7.88. The molecular weight excluding hydrogens is 236 g/mol. The summed E-state index contributed by atoms with van der Waals surface area (Å²) in [6, 6.07) is 6.74. The minimum atomic E-state index is -3.42. The number of nitrogens with zero attached hydrogens (tertiary/aromatic N) is 1. The van der Waals surface area contributed by atoms with Gasteiger partial charge in [0.2, 0.25) is 10.0 Å². The van der Waals surface area contributed by atoms with E-state index in [0.29, 0.717) is 11.3 Å². The predicted octanol–water partition coefficient (Wildman–Crippen LogP) is 2.46. The maximum atomic E-state index is 11.9. The molecule has 0 atom stereocenters. The van der Waals surface area contributed by atoms with Gasteiger partial charge in [0.15, 0.2) is 5.69 Å². The van der Waals surface area contributed by atoms with Crippen LogP contribution in [0.1, 0.15) is 26.3 Å². The lowest BCUT2D eigenvalue weighted by molar-refractivity contribution is 0.491. The average molecular weight is 252 g/mol. The molecule has 0 saturated heterocycles. The van der Waals surface area contributed by atoms with Crippen LogP contribution in [0.25, 0.3) is 4.85 Å². The summed E-state index contributed by atoms with van der Waals surface area (Å²) in [7, 11) is -3.42. The zero-order chi connectivity index (χ0) is 13.1. The van der Waals surface area contributed by atoms with Gasteiger partial charge in [0.05, 0.1) is 12.3 Å². The lowest BCUT2D eigenvalue weighted by atomic mass is 10.1. The van der Waals surface area contributed by atoms with Crippen molar-refractivity contribution in [3.63, 3.8) is 0 Å². The van der Waals surface area contributed by atoms with Gasteiger partial charge in [-0.25, -0.2) is 18.0 Å². The third-order valence-corrected chi connectivity index (χ3v) is 3.53. The van der Waals surface area contributed by atoms with Crippen LogP contribution in [0.3, 0.4) is 0 Å². The molecule has 0 aliphatic carbocycles. The third kappa shape index (κ3) is 4.55. The van der Waals surface area contributed by atoms with Crippen LogP contribution >= 0.6 is 0 Å². The van der Waals surface area contributed by atoms with Crippen molar-refractivity contribution in [1.82, 2.24) is 4.72 Å². The van der Waals surface area contributed by atoms with E-state index in [4.69, 9.17) is 6.57 Å². The highest BCUT2D eigenvalue weighted by Gasteiger charge is 2.21. The van der Waals surface area contributed by atoms with Gasteiger partial charge in [-0.2, -0.15) is 0 Å². The first-order valence-corrected chi connectivity index (χ1v) is 6.86. The van der Waals surface area contributed by atoms with Gasteiger partial charge in [-0.1, -0.05) is 24.3 Å². The van der Waals surface area contributed by atoms with E-state index < -0.39 is 15.6 Å². The maximum Gasteiger partial charge on any atom is 0.215 e. The fourth-order valence-corrected chi connectivity index (χ4v) is 3.11. The quantitative estimate of drug-likeness (QED) is 0.840. The maximum absolute atomic E-state index is 11.9. The molecule has 0 aromatic heterocycles. The van der Waals surface area contributed by atoms with Gasteiger partial charge < -0.3 is 0 Å². The molecule has 1 aromatic rings. The first kappa shape index (κ1) is 13.7. The molecule has 1 aromatic carbocycles. The summed E-state index contributed by atoms with van der Waals surface area (Å²) >= 11 is 0. The van der Waals surface area contributed by atoms with E-state index in [2.05, 4.69) is 9.57 Å². The van der Waals surface area contributed by atoms with Gasteiger partial charge in [0.25, 0.3) is 0 Å². The predicted molar refractivity (Wildman–Crippen MR) is 68.2 cm³/mol. The fraction of sp³-hybridized carbons (Fsp3) is 0.417.